The van der Waals surface area contributed by atoms with E-state index in [1.54, 1.807) is 14.2 Å². The van der Waals surface area contributed by atoms with E-state index in [1.165, 1.54) is 12.0 Å². The average Bonchev–Trinajstić information content (AvgIpc) is 2.55. The van der Waals surface area contributed by atoms with E-state index in [2.05, 4.69) is 18.3 Å². The number of methoxy groups -OCH3 is 2. The molecule has 118 valence electrons. The molecule has 1 saturated heterocycles. The van der Waals surface area contributed by atoms with Gasteiger partial charge in [-0.3, -0.25) is 0 Å². The zero-order valence-corrected chi connectivity index (χ0v) is 13.4. The third-order valence-electron chi connectivity index (χ3n) is 4.01. The predicted octanol–water partition coefficient (Wildman–Crippen LogP) is 3.17. The van der Waals surface area contributed by atoms with Gasteiger partial charge < -0.3 is 19.5 Å². The van der Waals surface area contributed by atoms with Crippen LogP contribution in [0.2, 0.25) is 0 Å². The Morgan fingerprint density at radius 1 is 1.24 bits per heavy atom. The minimum atomic E-state index is 0.142. The fraction of sp³-hybridized carbons (Fsp3) is 0.647. The van der Waals surface area contributed by atoms with Crippen LogP contribution in [0.1, 0.15) is 37.9 Å². The number of hydrogen-bond donors (Lipinski definition) is 1. The Balaban J connectivity index is 2.12. The molecule has 4 nitrogen and oxygen atoms in total. The molecular weight excluding hydrogens is 266 g/mol. The van der Waals surface area contributed by atoms with Gasteiger partial charge in [-0.2, -0.15) is 0 Å². The van der Waals surface area contributed by atoms with Gasteiger partial charge in [0, 0.05) is 19.1 Å². The smallest absolute Gasteiger partial charge is 0.161 e. The molecule has 1 heterocycles. The van der Waals surface area contributed by atoms with Crippen molar-refractivity contribution in [3.8, 4) is 11.5 Å². The summed E-state index contributed by atoms with van der Waals surface area (Å²) in [5.74, 6) is 2.05. The molecule has 2 rings (SSSR count). The largest absolute Gasteiger partial charge is 0.493 e. The highest BCUT2D eigenvalue weighted by atomic mass is 16.5. The normalized spacial score (nSPS) is 22.0. The number of nitrogens with one attached hydrogen (secondary N) is 1. The SMILES string of the molecule is CCCNCC1CCCOC1c1ccc(OC)c(OC)c1. The number of benzene rings is 1. The molecule has 0 aromatic heterocycles. The highest BCUT2D eigenvalue weighted by Crippen LogP contribution is 2.37. The molecule has 21 heavy (non-hydrogen) atoms. The molecule has 0 amide bonds. The first kappa shape index (κ1) is 16.1. The van der Waals surface area contributed by atoms with Gasteiger partial charge >= 0.3 is 0 Å². The van der Waals surface area contributed by atoms with Crippen LogP contribution in [0.25, 0.3) is 0 Å². The van der Waals surface area contributed by atoms with Gasteiger partial charge in [0.1, 0.15) is 0 Å². The topological polar surface area (TPSA) is 39.7 Å². The Morgan fingerprint density at radius 3 is 2.76 bits per heavy atom. The molecule has 1 fully saturated rings. The van der Waals surface area contributed by atoms with E-state index >= 15 is 0 Å². The van der Waals surface area contributed by atoms with Gasteiger partial charge in [-0.05, 0) is 43.5 Å². The zero-order chi connectivity index (χ0) is 15.1. The second-order valence-corrected chi connectivity index (χ2v) is 5.51. The predicted molar refractivity (Wildman–Crippen MR) is 84.1 cm³/mol. The van der Waals surface area contributed by atoms with Crippen molar-refractivity contribution in [1.82, 2.24) is 5.32 Å². The standard InChI is InChI=1S/C17H27NO3/c1-4-9-18-12-14-6-5-10-21-17(14)13-7-8-15(19-2)16(11-13)20-3/h7-8,11,14,17-18H,4-6,9-10,12H2,1-3H3. The maximum atomic E-state index is 6.04. The summed E-state index contributed by atoms with van der Waals surface area (Å²) in [6.45, 7) is 5.10. The molecule has 1 N–H and O–H groups in total. The van der Waals surface area contributed by atoms with Crippen molar-refractivity contribution < 1.29 is 14.2 Å². The lowest BCUT2D eigenvalue weighted by Gasteiger charge is -2.32. The van der Waals surface area contributed by atoms with Crippen LogP contribution in [0.15, 0.2) is 18.2 Å². The van der Waals surface area contributed by atoms with E-state index in [4.69, 9.17) is 14.2 Å². The van der Waals surface area contributed by atoms with Gasteiger partial charge in [0.25, 0.3) is 0 Å². The van der Waals surface area contributed by atoms with Gasteiger partial charge in [0.2, 0.25) is 0 Å². The molecule has 4 heteroatoms. The Labute approximate surface area is 127 Å². The maximum Gasteiger partial charge on any atom is 0.161 e. The summed E-state index contributed by atoms with van der Waals surface area (Å²) in [5.41, 5.74) is 1.18. The Hall–Kier alpha value is -1.26. The van der Waals surface area contributed by atoms with Crippen molar-refractivity contribution in [2.75, 3.05) is 33.9 Å². The van der Waals surface area contributed by atoms with Crippen molar-refractivity contribution in [1.29, 1.82) is 0 Å². The Kier molecular flexibility index (Phi) is 6.33. The molecule has 0 radical (unpaired) electrons. The van der Waals surface area contributed by atoms with Crippen LogP contribution in [0.5, 0.6) is 11.5 Å². The minimum Gasteiger partial charge on any atom is -0.493 e. The maximum absolute atomic E-state index is 6.04. The van der Waals surface area contributed by atoms with E-state index in [0.29, 0.717) is 5.92 Å². The fourth-order valence-corrected chi connectivity index (χ4v) is 2.91. The molecule has 1 aliphatic rings. The van der Waals surface area contributed by atoms with Gasteiger partial charge in [-0.25, -0.2) is 0 Å². The first-order valence-corrected chi connectivity index (χ1v) is 7.84. The van der Waals surface area contributed by atoms with Crippen LogP contribution in [-0.4, -0.2) is 33.9 Å². The van der Waals surface area contributed by atoms with Crippen molar-refractivity contribution in [3.05, 3.63) is 23.8 Å². The fourth-order valence-electron chi connectivity index (χ4n) is 2.91. The van der Waals surface area contributed by atoms with E-state index in [1.807, 2.05) is 12.1 Å². The molecule has 1 aromatic carbocycles. The van der Waals surface area contributed by atoms with Crippen molar-refractivity contribution in [3.63, 3.8) is 0 Å². The minimum absolute atomic E-state index is 0.142. The molecule has 1 aliphatic heterocycles. The Morgan fingerprint density at radius 2 is 2.05 bits per heavy atom. The lowest BCUT2D eigenvalue weighted by molar-refractivity contribution is -0.0278. The lowest BCUT2D eigenvalue weighted by Crippen LogP contribution is -2.32. The summed E-state index contributed by atoms with van der Waals surface area (Å²) in [7, 11) is 3.33. The summed E-state index contributed by atoms with van der Waals surface area (Å²) >= 11 is 0. The summed E-state index contributed by atoms with van der Waals surface area (Å²) in [6, 6.07) is 6.09. The molecule has 0 spiro atoms. The summed E-state index contributed by atoms with van der Waals surface area (Å²) in [6.07, 6.45) is 3.65. The molecule has 0 bridgehead atoms. The van der Waals surface area contributed by atoms with E-state index in [0.717, 1.165) is 44.0 Å². The summed E-state index contributed by atoms with van der Waals surface area (Å²) < 4.78 is 16.8. The van der Waals surface area contributed by atoms with Gasteiger partial charge in [0.05, 0.1) is 20.3 Å². The third kappa shape index (κ3) is 4.11. The van der Waals surface area contributed by atoms with Crippen molar-refractivity contribution in [2.24, 2.45) is 5.92 Å². The first-order chi connectivity index (χ1) is 10.3. The number of rotatable bonds is 7. The quantitative estimate of drug-likeness (QED) is 0.784. The van der Waals surface area contributed by atoms with Crippen LogP contribution in [0.4, 0.5) is 0 Å². The second-order valence-electron chi connectivity index (χ2n) is 5.51. The van der Waals surface area contributed by atoms with E-state index < -0.39 is 0 Å². The van der Waals surface area contributed by atoms with E-state index in [-0.39, 0.29) is 6.10 Å². The first-order valence-electron chi connectivity index (χ1n) is 7.84. The zero-order valence-electron chi connectivity index (χ0n) is 13.4. The highest BCUT2D eigenvalue weighted by Gasteiger charge is 2.27. The lowest BCUT2D eigenvalue weighted by atomic mass is 9.89. The van der Waals surface area contributed by atoms with Crippen molar-refractivity contribution >= 4 is 0 Å². The average molecular weight is 293 g/mol. The second kappa shape index (κ2) is 8.25. The van der Waals surface area contributed by atoms with Crippen LogP contribution in [-0.2, 0) is 4.74 Å². The third-order valence-corrected chi connectivity index (χ3v) is 4.01. The van der Waals surface area contributed by atoms with E-state index in [9.17, 15) is 0 Å². The summed E-state index contributed by atoms with van der Waals surface area (Å²) in [4.78, 5) is 0. The van der Waals surface area contributed by atoms with Gasteiger partial charge in [-0.15, -0.1) is 0 Å². The highest BCUT2D eigenvalue weighted by molar-refractivity contribution is 5.43. The van der Waals surface area contributed by atoms with Gasteiger partial charge in [-0.1, -0.05) is 13.0 Å². The monoisotopic (exact) mass is 293 g/mol. The molecule has 0 saturated carbocycles. The van der Waals surface area contributed by atoms with Crippen LogP contribution in [0, 0.1) is 5.92 Å². The van der Waals surface area contributed by atoms with Crippen molar-refractivity contribution in [2.45, 2.75) is 32.3 Å². The molecule has 0 aliphatic carbocycles. The number of ether oxygens (including phenoxy) is 3. The van der Waals surface area contributed by atoms with Crippen LogP contribution < -0.4 is 14.8 Å². The summed E-state index contributed by atoms with van der Waals surface area (Å²) in [5, 5.41) is 3.52. The van der Waals surface area contributed by atoms with Crippen LogP contribution in [0.3, 0.4) is 0 Å². The molecule has 2 atom stereocenters. The Bertz CT molecular complexity index is 436. The van der Waals surface area contributed by atoms with Crippen LogP contribution >= 0.6 is 0 Å². The number of hydrogen-bond acceptors (Lipinski definition) is 4. The van der Waals surface area contributed by atoms with Gasteiger partial charge in [0.15, 0.2) is 11.5 Å². The molecule has 1 aromatic rings. The molecule has 2 unspecified atom stereocenters. The molecular formula is C17H27NO3.